The van der Waals surface area contributed by atoms with E-state index in [1.54, 1.807) is 0 Å². The molecular weight excluding hydrogens is 238 g/mol. The fourth-order valence-electron chi connectivity index (χ4n) is 2.22. The quantitative estimate of drug-likeness (QED) is 0.780. The SMILES string of the molecule is CC1CCCCC1NC(=O)c1cc(S)cs1. The van der Waals surface area contributed by atoms with Crippen LogP contribution in [-0.2, 0) is 0 Å². The molecule has 16 heavy (non-hydrogen) atoms. The molecule has 0 aliphatic heterocycles. The number of amides is 1. The number of hydrogen-bond acceptors (Lipinski definition) is 3. The van der Waals surface area contributed by atoms with Crippen molar-refractivity contribution in [1.82, 2.24) is 5.32 Å². The van der Waals surface area contributed by atoms with E-state index in [-0.39, 0.29) is 5.91 Å². The highest BCUT2D eigenvalue weighted by Gasteiger charge is 2.23. The van der Waals surface area contributed by atoms with Crippen molar-refractivity contribution >= 4 is 29.9 Å². The predicted molar refractivity (Wildman–Crippen MR) is 70.5 cm³/mol. The fraction of sp³-hybridized carbons (Fsp3) is 0.583. The van der Waals surface area contributed by atoms with Gasteiger partial charge >= 0.3 is 0 Å². The Morgan fingerprint density at radius 1 is 1.50 bits per heavy atom. The van der Waals surface area contributed by atoms with E-state index in [9.17, 15) is 4.79 Å². The van der Waals surface area contributed by atoms with E-state index in [0.29, 0.717) is 12.0 Å². The van der Waals surface area contributed by atoms with Crippen molar-refractivity contribution in [2.24, 2.45) is 5.92 Å². The summed E-state index contributed by atoms with van der Waals surface area (Å²) in [4.78, 5) is 13.6. The molecule has 0 bridgehead atoms. The summed E-state index contributed by atoms with van der Waals surface area (Å²) in [6.07, 6.45) is 4.88. The zero-order chi connectivity index (χ0) is 11.5. The van der Waals surface area contributed by atoms with Crippen LogP contribution in [0.5, 0.6) is 0 Å². The van der Waals surface area contributed by atoms with Gasteiger partial charge in [0.05, 0.1) is 4.88 Å². The molecule has 0 saturated heterocycles. The molecule has 0 radical (unpaired) electrons. The molecule has 1 heterocycles. The lowest BCUT2D eigenvalue weighted by Crippen LogP contribution is -2.40. The third-order valence-electron chi connectivity index (χ3n) is 3.24. The van der Waals surface area contributed by atoms with Gasteiger partial charge in [0, 0.05) is 16.3 Å². The number of carbonyl (C=O) groups excluding carboxylic acids is 1. The number of nitrogens with one attached hydrogen (secondary N) is 1. The number of carbonyl (C=O) groups is 1. The highest BCUT2D eigenvalue weighted by atomic mass is 32.1. The number of thiophene rings is 1. The first-order valence-corrected chi connectivity index (χ1v) is 7.08. The molecule has 1 amide bonds. The van der Waals surface area contributed by atoms with E-state index in [4.69, 9.17) is 0 Å². The molecule has 2 rings (SSSR count). The summed E-state index contributed by atoms with van der Waals surface area (Å²) in [5.74, 6) is 0.664. The average molecular weight is 255 g/mol. The largest absolute Gasteiger partial charge is 0.348 e. The molecule has 2 unspecified atom stereocenters. The Hall–Kier alpha value is -0.480. The zero-order valence-electron chi connectivity index (χ0n) is 9.40. The van der Waals surface area contributed by atoms with Gasteiger partial charge in [-0.05, 0) is 24.8 Å². The van der Waals surface area contributed by atoms with Gasteiger partial charge in [0.2, 0.25) is 0 Å². The third kappa shape index (κ3) is 2.80. The topological polar surface area (TPSA) is 29.1 Å². The third-order valence-corrected chi connectivity index (χ3v) is 4.60. The molecule has 1 aromatic rings. The highest BCUT2D eigenvalue weighted by molar-refractivity contribution is 7.80. The van der Waals surface area contributed by atoms with Crippen molar-refractivity contribution in [2.45, 2.75) is 43.5 Å². The summed E-state index contributed by atoms with van der Waals surface area (Å²) in [5, 5.41) is 5.03. The van der Waals surface area contributed by atoms with Gasteiger partial charge in [-0.1, -0.05) is 19.8 Å². The van der Waals surface area contributed by atoms with Gasteiger partial charge in [0.25, 0.3) is 5.91 Å². The van der Waals surface area contributed by atoms with Crippen molar-refractivity contribution in [1.29, 1.82) is 0 Å². The predicted octanol–water partition coefficient (Wildman–Crippen LogP) is 3.35. The van der Waals surface area contributed by atoms with Crippen LogP contribution in [0.3, 0.4) is 0 Å². The Bertz CT molecular complexity index is 375. The van der Waals surface area contributed by atoms with E-state index in [0.717, 1.165) is 16.2 Å². The Labute approximate surface area is 106 Å². The minimum absolute atomic E-state index is 0.0593. The first-order valence-electron chi connectivity index (χ1n) is 5.75. The molecule has 1 aliphatic carbocycles. The molecule has 0 aromatic carbocycles. The minimum atomic E-state index is 0.0593. The summed E-state index contributed by atoms with van der Waals surface area (Å²) in [6.45, 7) is 2.22. The van der Waals surface area contributed by atoms with Crippen LogP contribution in [0.25, 0.3) is 0 Å². The molecule has 0 spiro atoms. The molecule has 2 atom stereocenters. The second-order valence-corrected chi connectivity index (χ2v) is 5.94. The van der Waals surface area contributed by atoms with E-state index in [1.165, 1.54) is 30.6 Å². The molecular formula is C12H17NOS2. The van der Waals surface area contributed by atoms with Crippen molar-refractivity contribution in [3.8, 4) is 0 Å². The molecule has 1 saturated carbocycles. The maximum Gasteiger partial charge on any atom is 0.261 e. The van der Waals surface area contributed by atoms with Gasteiger partial charge < -0.3 is 5.32 Å². The summed E-state index contributed by atoms with van der Waals surface area (Å²) >= 11 is 5.67. The first-order chi connectivity index (χ1) is 7.66. The molecule has 1 aromatic heterocycles. The van der Waals surface area contributed by atoms with Gasteiger partial charge in [-0.3, -0.25) is 4.79 Å². The van der Waals surface area contributed by atoms with Crippen LogP contribution in [0.15, 0.2) is 16.3 Å². The van der Waals surface area contributed by atoms with Crippen LogP contribution in [0, 0.1) is 5.92 Å². The van der Waals surface area contributed by atoms with Gasteiger partial charge in [0.15, 0.2) is 0 Å². The Morgan fingerprint density at radius 3 is 2.88 bits per heavy atom. The Kier molecular flexibility index (Phi) is 3.92. The van der Waals surface area contributed by atoms with Crippen LogP contribution in [0.1, 0.15) is 42.3 Å². The van der Waals surface area contributed by atoms with Crippen molar-refractivity contribution < 1.29 is 4.79 Å². The first kappa shape index (κ1) is 12.0. The fourth-order valence-corrected chi connectivity index (χ4v) is 3.27. The van der Waals surface area contributed by atoms with E-state index in [2.05, 4.69) is 24.9 Å². The van der Waals surface area contributed by atoms with Gasteiger partial charge in [-0.2, -0.15) is 0 Å². The smallest absolute Gasteiger partial charge is 0.261 e. The lowest BCUT2D eigenvalue weighted by atomic mass is 9.86. The molecule has 1 aliphatic rings. The number of thiol groups is 1. The van der Waals surface area contributed by atoms with Crippen LogP contribution >= 0.6 is 24.0 Å². The van der Waals surface area contributed by atoms with Gasteiger partial charge in [-0.15, -0.1) is 24.0 Å². The van der Waals surface area contributed by atoms with Crippen LogP contribution < -0.4 is 5.32 Å². The number of rotatable bonds is 2. The molecule has 2 nitrogen and oxygen atoms in total. The Morgan fingerprint density at radius 2 is 2.25 bits per heavy atom. The molecule has 1 fully saturated rings. The maximum atomic E-state index is 11.9. The molecule has 1 N–H and O–H groups in total. The lowest BCUT2D eigenvalue weighted by Gasteiger charge is -2.29. The van der Waals surface area contributed by atoms with E-state index < -0.39 is 0 Å². The van der Waals surface area contributed by atoms with Gasteiger partial charge in [-0.25, -0.2) is 0 Å². The summed E-state index contributed by atoms with van der Waals surface area (Å²) in [6, 6.07) is 2.18. The second-order valence-electron chi connectivity index (χ2n) is 4.51. The van der Waals surface area contributed by atoms with E-state index >= 15 is 0 Å². The van der Waals surface area contributed by atoms with Crippen LogP contribution in [0.4, 0.5) is 0 Å². The van der Waals surface area contributed by atoms with Crippen molar-refractivity contribution in [3.63, 3.8) is 0 Å². The summed E-state index contributed by atoms with van der Waals surface area (Å²) in [5.41, 5.74) is 0. The summed E-state index contributed by atoms with van der Waals surface area (Å²) < 4.78 is 0. The second kappa shape index (κ2) is 5.23. The Balaban J connectivity index is 1.96. The average Bonchev–Trinajstić information content (AvgIpc) is 2.68. The maximum absolute atomic E-state index is 11.9. The van der Waals surface area contributed by atoms with Crippen LogP contribution in [-0.4, -0.2) is 11.9 Å². The monoisotopic (exact) mass is 255 g/mol. The van der Waals surface area contributed by atoms with Crippen molar-refractivity contribution in [3.05, 3.63) is 16.3 Å². The van der Waals surface area contributed by atoms with E-state index in [1.807, 2.05) is 11.4 Å². The normalized spacial score (nSPS) is 25.4. The molecule has 4 heteroatoms. The minimum Gasteiger partial charge on any atom is -0.348 e. The summed E-state index contributed by atoms with van der Waals surface area (Å²) in [7, 11) is 0. The standard InChI is InChI=1S/C12H17NOS2/c1-8-4-2-3-5-10(8)13-12(14)11-6-9(15)7-16-11/h6-8,10,15H,2-5H2,1H3,(H,13,14). The van der Waals surface area contributed by atoms with Crippen LogP contribution in [0.2, 0.25) is 0 Å². The van der Waals surface area contributed by atoms with Gasteiger partial charge in [0.1, 0.15) is 0 Å². The lowest BCUT2D eigenvalue weighted by molar-refractivity contribution is 0.0914. The zero-order valence-corrected chi connectivity index (χ0v) is 11.1. The highest BCUT2D eigenvalue weighted by Crippen LogP contribution is 2.25. The van der Waals surface area contributed by atoms with Crippen molar-refractivity contribution in [2.75, 3.05) is 0 Å². The number of hydrogen-bond donors (Lipinski definition) is 2. The molecule has 88 valence electrons.